The van der Waals surface area contributed by atoms with Crippen LogP contribution in [0.4, 0.5) is 0 Å². The van der Waals surface area contributed by atoms with Crippen LogP contribution < -0.4 is 21.8 Å². The van der Waals surface area contributed by atoms with Crippen molar-refractivity contribution >= 4 is 29.5 Å². The van der Waals surface area contributed by atoms with Gasteiger partial charge in [0.05, 0.1) is 46.4 Å². The lowest BCUT2D eigenvalue weighted by Gasteiger charge is -2.22. The fourth-order valence-corrected chi connectivity index (χ4v) is 6.62. The first-order valence-electron chi connectivity index (χ1n) is 18.3. The van der Waals surface area contributed by atoms with Crippen molar-refractivity contribution in [2.24, 2.45) is 14.1 Å². The first kappa shape index (κ1) is 41.9. The highest BCUT2D eigenvalue weighted by Gasteiger charge is 2.18. The summed E-state index contributed by atoms with van der Waals surface area (Å²) < 4.78 is 6.33. The van der Waals surface area contributed by atoms with Crippen molar-refractivity contribution in [1.29, 1.82) is 0 Å². The van der Waals surface area contributed by atoms with Gasteiger partial charge in [0.25, 0.3) is 5.56 Å². The van der Waals surface area contributed by atoms with E-state index in [-0.39, 0.29) is 30.6 Å². The average molecular weight is 767 g/mol. The fraction of sp³-hybridized carbons (Fsp3) is 0.191. The molecular formula is C47H47BN8O2. The van der Waals surface area contributed by atoms with E-state index >= 15 is 0 Å². The number of benzene rings is 3. The summed E-state index contributed by atoms with van der Waals surface area (Å²) in [7, 11) is 9.76. The van der Waals surface area contributed by atoms with Crippen molar-refractivity contribution in [2.75, 3.05) is 0 Å². The molecular weight excluding hydrogens is 719 g/mol. The van der Waals surface area contributed by atoms with Gasteiger partial charge in [0.1, 0.15) is 0 Å². The summed E-state index contributed by atoms with van der Waals surface area (Å²) in [5.74, 6) is 12.4. The minimum atomic E-state index is -0.274. The van der Waals surface area contributed by atoms with Crippen molar-refractivity contribution in [3.8, 4) is 29.4 Å². The third kappa shape index (κ3) is 9.40. The van der Waals surface area contributed by atoms with Gasteiger partial charge in [-0.3, -0.25) is 23.5 Å². The Morgan fingerprint density at radius 1 is 0.672 bits per heavy atom. The standard InChI is InChI=1S/C26H24N4O.C20H19BN4O.CH4/c1-18(2)28-19(3)24-15-22-10-8-9-21(14-13-20-16-27-29(4)17-20)25(22)26(31)30(24)23-11-6-5-7-12-23;1-13(2)23-14(3)18-10-17-7-5-6-16(19(17)20(26)25(18)21)9-8-15-11-22-24(4)12-15;/h5-12,15-17,19,28H,1H2,2-4H3;5-7,10-12,14,23H,1H2,2-4H3;1H4/t19-;14-;/m00./s1. The highest BCUT2D eigenvalue weighted by atomic mass is 16.1. The maximum atomic E-state index is 13.8. The Bertz CT molecular complexity index is 2890. The summed E-state index contributed by atoms with van der Waals surface area (Å²) >= 11 is 0. The number of nitrogens with zero attached hydrogens (tertiary/aromatic N) is 6. The summed E-state index contributed by atoms with van der Waals surface area (Å²) in [6.07, 6.45) is 7.07. The van der Waals surface area contributed by atoms with Gasteiger partial charge in [0.2, 0.25) is 13.5 Å². The molecule has 0 aliphatic heterocycles. The molecule has 4 heterocycles. The molecule has 0 unspecified atom stereocenters. The molecule has 4 aromatic heterocycles. The van der Waals surface area contributed by atoms with Crippen molar-refractivity contribution in [3.05, 3.63) is 183 Å². The van der Waals surface area contributed by atoms with E-state index in [4.69, 9.17) is 7.98 Å². The molecule has 0 fully saturated rings. The highest BCUT2D eigenvalue weighted by molar-refractivity contribution is 6.08. The van der Waals surface area contributed by atoms with Gasteiger partial charge in [0, 0.05) is 66.1 Å². The number of aromatic nitrogens is 6. The van der Waals surface area contributed by atoms with E-state index in [0.717, 1.165) is 44.7 Å². The molecule has 0 aliphatic carbocycles. The zero-order valence-electron chi connectivity index (χ0n) is 33.0. The number of rotatable bonds is 7. The maximum absolute atomic E-state index is 13.8. The number of para-hydroxylation sites is 1. The zero-order chi connectivity index (χ0) is 40.8. The molecule has 2 N–H and O–H groups in total. The predicted octanol–water partition coefficient (Wildman–Crippen LogP) is 7.19. The van der Waals surface area contributed by atoms with Crippen LogP contribution in [0.3, 0.4) is 0 Å². The van der Waals surface area contributed by atoms with E-state index in [2.05, 4.69) is 63.7 Å². The Balaban J connectivity index is 0.000000221. The third-order valence-corrected chi connectivity index (χ3v) is 9.11. The summed E-state index contributed by atoms with van der Waals surface area (Å²) in [4.78, 5) is 26.7. The normalized spacial score (nSPS) is 11.4. The first-order chi connectivity index (χ1) is 27.3. The third-order valence-electron chi connectivity index (χ3n) is 9.11. The molecule has 0 amide bonds. The number of fused-ring (bicyclic) bond motifs is 2. The molecule has 2 atom stereocenters. The quantitative estimate of drug-likeness (QED) is 0.132. The molecule has 58 heavy (non-hydrogen) atoms. The SMILES string of the molecule is C.C=C(C)N[C@@H](C)c1cc2cccc(C#Cc3cnn(C)c3)c2c(=O)n1-c1ccccc1.[B]n1c([C@H](C)NC(=C)C)cc2cccc(C#Cc3cnn(C)c3)c2c1=O. The van der Waals surface area contributed by atoms with Gasteiger partial charge >= 0.3 is 0 Å². The fourth-order valence-electron chi connectivity index (χ4n) is 6.62. The minimum absolute atomic E-state index is 0. The summed E-state index contributed by atoms with van der Waals surface area (Å²) in [6, 6.07) is 24.8. The second kappa shape index (κ2) is 18.1. The Morgan fingerprint density at radius 2 is 1.14 bits per heavy atom. The zero-order valence-corrected chi connectivity index (χ0v) is 33.0. The molecule has 0 saturated heterocycles. The smallest absolute Gasteiger partial charge is 0.264 e. The highest BCUT2D eigenvalue weighted by Crippen LogP contribution is 2.24. The number of pyridine rings is 2. The minimum Gasteiger partial charge on any atom is -0.381 e. The average Bonchev–Trinajstić information content (AvgIpc) is 3.80. The largest absolute Gasteiger partial charge is 0.381 e. The van der Waals surface area contributed by atoms with E-state index in [0.29, 0.717) is 27.6 Å². The Morgan fingerprint density at radius 3 is 1.60 bits per heavy atom. The number of aryl methyl sites for hydroxylation is 2. The van der Waals surface area contributed by atoms with Gasteiger partial charge in [0.15, 0.2) is 0 Å². The van der Waals surface area contributed by atoms with Crippen molar-refractivity contribution in [3.63, 3.8) is 0 Å². The first-order valence-corrected chi connectivity index (χ1v) is 18.3. The lowest BCUT2D eigenvalue weighted by atomic mass is 10.0. The molecule has 7 aromatic rings. The molecule has 0 spiro atoms. The number of hydrogen-bond donors (Lipinski definition) is 2. The van der Waals surface area contributed by atoms with Crippen molar-refractivity contribution < 1.29 is 0 Å². The summed E-state index contributed by atoms with van der Waals surface area (Å²) in [5, 5.41) is 17.5. The molecule has 11 heteroatoms. The van der Waals surface area contributed by atoms with E-state index in [1.54, 1.807) is 26.3 Å². The van der Waals surface area contributed by atoms with Crippen LogP contribution in [0.15, 0.2) is 138 Å². The molecule has 2 radical (unpaired) electrons. The lowest BCUT2D eigenvalue weighted by Crippen LogP contribution is -2.28. The molecule has 0 saturated carbocycles. The van der Waals surface area contributed by atoms with Gasteiger partial charge in [-0.25, -0.2) is 0 Å². The van der Waals surface area contributed by atoms with E-state index in [1.165, 1.54) is 4.48 Å². The predicted molar refractivity (Wildman–Crippen MR) is 237 cm³/mol. The number of nitrogens with one attached hydrogen (secondary N) is 2. The number of hydrogen-bond acceptors (Lipinski definition) is 6. The van der Waals surface area contributed by atoms with Crippen LogP contribution in [-0.4, -0.2) is 36.6 Å². The van der Waals surface area contributed by atoms with Crippen LogP contribution in [0.1, 0.15) is 80.8 Å². The van der Waals surface area contributed by atoms with Gasteiger partial charge in [-0.2, -0.15) is 10.2 Å². The van der Waals surface area contributed by atoms with Crippen LogP contribution in [0.25, 0.3) is 27.2 Å². The van der Waals surface area contributed by atoms with Gasteiger partial charge < -0.3 is 15.1 Å². The maximum Gasteiger partial charge on any atom is 0.264 e. The molecule has 290 valence electrons. The van der Waals surface area contributed by atoms with Crippen molar-refractivity contribution in [2.45, 2.75) is 47.2 Å². The van der Waals surface area contributed by atoms with Crippen LogP contribution in [-0.2, 0) is 14.1 Å². The second-order valence-electron chi connectivity index (χ2n) is 13.9. The monoisotopic (exact) mass is 766 g/mol. The molecule has 0 aliphatic rings. The van der Waals surface area contributed by atoms with Gasteiger partial charge in [-0.05, 0) is 74.9 Å². The number of allylic oxidation sites excluding steroid dienone is 2. The van der Waals surface area contributed by atoms with Gasteiger partial charge in [-0.1, -0.05) is 86.7 Å². The van der Waals surface area contributed by atoms with E-state index < -0.39 is 0 Å². The molecule has 3 aromatic carbocycles. The van der Waals surface area contributed by atoms with E-state index in [9.17, 15) is 9.59 Å². The summed E-state index contributed by atoms with van der Waals surface area (Å²) in [6.45, 7) is 15.5. The van der Waals surface area contributed by atoms with Crippen LogP contribution in [0.2, 0.25) is 0 Å². The Labute approximate surface area is 341 Å². The molecule has 10 nitrogen and oxygen atoms in total. The second-order valence-corrected chi connectivity index (χ2v) is 13.9. The van der Waals surface area contributed by atoms with Gasteiger partial charge in [-0.15, -0.1) is 0 Å². The molecule has 0 bridgehead atoms. The molecule has 7 rings (SSSR count). The Kier molecular flexibility index (Phi) is 13.1. The van der Waals surface area contributed by atoms with Crippen molar-refractivity contribution in [1.82, 2.24) is 39.2 Å². The van der Waals surface area contributed by atoms with Crippen LogP contribution >= 0.6 is 0 Å². The van der Waals surface area contributed by atoms with E-state index in [1.807, 2.05) is 127 Å². The Hall–Kier alpha value is -7.24. The van der Waals surface area contributed by atoms with Crippen LogP contribution in [0.5, 0.6) is 0 Å². The van der Waals surface area contributed by atoms with Crippen LogP contribution in [0, 0.1) is 23.7 Å². The summed E-state index contributed by atoms with van der Waals surface area (Å²) in [5.41, 5.74) is 6.57. The topological polar surface area (TPSA) is 104 Å². The lowest BCUT2D eigenvalue weighted by molar-refractivity contribution is 0.616.